The Morgan fingerprint density at radius 2 is 2.05 bits per heavy atom. The molecule has 0 aliphatic rings. The second-order valence-corrected chi connectivity index (χ2v) is 6.09. The summed E-state index contributed by atoms with van der Waals surface area (Å²) in [5.74, 6) is 1.12. The lowest BCUT2D eigenvalue weighted by Crippen LogP contribution is -2.28. The maximum absolute atomic E-state index is 6.27. The van der Waals surface area contributed by atoms with Gasteiger partial charge < -0.3 is 10.6 Å². The first kappa shape index (κ1) is 16.5. The zero-order chi connectivity index (χ0) is 14.3. The van der Waals surface area contributed by atoms with Gasteiger partial charge in [0, 0.05) is 42.4 Å². The summed E-state index contributed by atoms with van der Waals surface area (Å²) in [5, 5.41) is 4.62. The summed E-state index contributed by atoms with van der Waals surface area (Å²) in [4.78, 5) is 2.45. The van der Waals surface area contributed by atoms with Gasteiger partial charge >= 0.3 is 0 Å². The van der Waals surface area contributed by atoms with Crippen molar-refractivity contribution in [2.24, 2.45) is 12.8 Å². The smallest absolute Gasteiger partial charge is 0.0533 e. The van der Waals surface area contributed by atoms with Crippen molar-refractivity contribution in [1.82, 2.24) is 14.7 Å². The van der Waals surface area contributed by atoms with Crippen LogP contribution in [0.5, 0.6) is 0 Å². The van der Waals surface area contributed by atoms with Crippen LogP contribution in [0, 0.1) is 0 Å². The van der Waals surface area contributed by atoms with Crippen LogP contribution >= 0.6 is 11.8 Å². The van der Waals surface area contributed by atoms with Gasteiger partial charge in [0.25, 0.3) is 0 Å². The normalized spacial score (nSPS) is 14.8. The van der Waals surface area contributed by atoms with Gasteiger partial charge in [-0.15, -0.1) is 0 Å². The van der Waals surface area contributed by atoms with E-state index in [0.29, 0.717) is 5.25 Å². The van der Waals surface area contributed by atoms with Gasteiger partial charge in [0.15, 0.2) is 0 Å². The lowest BCUT2D eigenvalue weighted by atomic mass is 10.1. The molecular formula is C14H28N4S. The molecule has 1 aromatic heterocycles. The summed E-state index contributed by atoms with van der Waals surface area (Å²) in [6.45, 7) is 9.95. The molecule has 2 unspecified atom stereocenters. The Morgan fingerprint density at radius 1 is 1.37 bits per heavy atom. The molecule has 5 heteroatoms. The van der Waals surface area contributed by atoms with E-state index >= 15 is 0 Å². The third-order valence-corrected chi connectivity index (χ3v) is 4.91. The molecular weight excluding hydrogens is 256 g/mol. The van der Waals surface area contributed by atoms with Gasteiger partial charge in [0.2, 0.25) is 0 Å². The molecule has 0 aliphatic heterocycles. The molecule has 110 valence electrons. The molecule has 0 saturated heterocycles. The molecule has 2 atom stereocenters. The average Bonchev–Trinajstić information content (AvgIpc) is 2.84. The lowest BCUT2D eigenvalue weighted by Gasteiger charge is -2.23. The van der Waals surface area contributed by atoms with E-state index in [1.807, 2.05) is 29.7 Å². The van der Waals surface area contributed by atoms with Crippen LogP contribution in [0.4, 0.5) is 0 Å². The van der Waals surface area contributed by atoms with Crippen molar-refractivity contribution in [3.8, 4) is 0 Å². The molecule has 19 heavy (non-hydrogen) atoms. The summed E-state index contributed by atoms with van der Waals surface area (Å²) in [7, 11) is 1.96. The average molecular weight is 284 g/mol. The van der Waals surface area contributed by atoms with Crippen LogP contribution in [0.1, 0.15) is 38.0 Å². The molecule has 0 radical (unpaired) electrons. The minimum atomic E-state index is 0.200. The highest BCUT2D eigenvalue weighted by Gasteiger charge is 2.20. The van der Waals surface area contributed by atoms with Crippen LogP contribution in [0.3, 0.4) is 0 Å². The Hall–Kier alpha value is -0.520. The largest absolute Gasteiger partial charge is 0.326 e. The monoisotopic (exact) mass is 284 g/mol. The molecule has 4 nitrogen and oxygen atoms in total. The summed E-state index contributed by atoms with van der Waals surface area (Å²) < 4.78 is 1.86. The van der Waals surface area contributed by atoms with E-state index in [0.717, 1.165) is 31.8 Å². The maximum atomic E-state index is 6.27. The SMILES string of the molecule is CCC(N)C(SCCN(CC)CC)c1cnn(C)c1. The van der Waals surface area contributed by atoms with E-state index in [9.17, 15) is 0 Å². The second kappa shape index (κ2) is 8.61. The Kier molecular flexibility index (Phi) is 7.49. The van der Waals surface area contributed by atoms with Crippen LogP contribution in [0.15, 0.2) is 12.4 Å². The number of aromatic nitrogens is 2. The van der Waals surface area contributed by atoms with Crippen molar-refractivity contribution in [2.75, 3.05) is 25.4 Å². The van der Waals surface area contributed by atoms with Crippen molar-refractivity contribution in [1.29, 1.82) is 0 Å². The predicted octanol–water partition coefficient (Wildman–Crippen LogP) is 2.27. The fourth-order valence-corrected chi connectivity index (χ4v) is 3.49. The van der Waals surface area contributed by atoms with E-state index in [1.54, 1.807) is 0 Å². The quantitative estimate of drug-likeness (QED) is 0.756. The van der Waals surface area contributed by atoms with E-state index < -0.39 is 0 Å². The van der Waals surface area contributed by atoms with Gasteiger partial charge in [0.05, 0.1) is 6.20 Å². The maximum Gasteiger partial charge on any atom is 0.0533 e. The molecule has 1 aromatic rings. The van der Waals surface area contributed by atoms with E-state index in [2.05, 4.69) is 37.0 Å². The van der Waals surface area contributed by atoms with Crippen LogP contribution in [0.2, 0.25) is 0 Å². The van der Waals surface area contributed by atoms with Crippen molar-refractivity contribution in [2.45, 2.75) is 38.5 Å². The number of hydrogen-bond acceptors (Lipinski definition) is 4. The van der Waals surface area contributed by atoms with Crippen molar-refractivity contribution in [3.63, 3.8) is 0 Å². The van der Waals surface area contributed by atoms with Gasteiger partial charge in [-0.05, 0) is 19.5 Å². The molecule has 0 aromatic carbocycles. The molecule has 0 saturated carbocycles. The topological polar surface area (TPSA) is 47.1 Å². The summed E-state index contributed by atoms with van der Waals surface area (Å²) in [6, 6.07) is 0.200. The summed E-state index contributed by atoms with van der Waals surface area (Å²) in [6.07, 6.45) is 5.03. The van der Waals surface area contributed by atoms with E-state index in [1.165, 1.54) is 5.56 Å². The van der Waals surface area contributed by atoms with E-state index in [-0.39, 0.29) is 6.04 Å². The highest BCUT2D eigenvalue weighted by Crippen LogP contribution is 2.32. The standard InChI is InChI=1S/C14H28N4S/c1-5-13(15)14(12-10-16-17(4)11-12)19-9-8-18(6-2)7-3/h10-11,13-14H,5-9,15H2,1-4H3. The number of hydrogen-bond donors (Lipinski definition) is 1. The van der Waals surface area contributed by atoms with Crippen molar-refractivity contribution >= 4 is 11.8 Å². The Bertz CT molecular complexity index is 349. The van der Waals surface area contributed by atoms with Gasteiger partial charge in [-0.25, -0.2) is 0 Å². The number of aryl methyl sites for hydroxylation is 1. The first-order valence-electron chi connectivity index (χ1n) is 7.20. The van der Waals surface area contributed by atoms with Crippen LogP contribution in [-0.4, -0.2) is 46.1 Å². The molecule has 1 rings (SSSR count). The number of nitrogens with two attached hydrogens (primary N) is 1. The van der Waals surface area contributed by atoms with Crippen LogP contribution < -0.4 is 5.73 Å². The zero-order valence-corrected chi connectivity index (χ0v) is 13.5. The number of nitrogens with zero attached hydrogens (tertiary/aromatic N) is 3. The van der Waals surface area contributed by atoms with Gasteiger partial charge in [-0.1, -0.05) is 20.8 Å². The summed E-state index contributed by atoms with van der Waals surface area (Å²) in [5.41, 5.74) is 7.52. The minimum absolute atomic E-state index is 0.200. The predicted molar refractivity (Wildman–Crippen MR) is 84.5 cm³/mol. The third kappa shape index (κ3) is 5.16. The Labute approximate surface area is 121 Å². The highest BCUT2D eigenvalue weighted by molar-refractivity contribution is 7.99. The zero-order valence-electron chi connectivity index (χ0n) is 12.7. The number of thioether (sulfide) groups is 1. The van der Waals surface area contributed by atoms with Crippen LogP contribution in [0.25, 0.3) is 0 Å². The van der Waals surface area contributed by atoms with Gasteiger partial charge in [-0.2, -0.15) is 16.9 Å². The Morgan fingerprint density at radius 3 is 2.53 bits per heavy atom. The van der Waals surface area contributed by atoms with Crippen molar-refractivity contribution in [3.05, 3.63) is 18.0 Å². The molecule has 0 amide bonds. The van der Waals surface area contributed by atoms with Gasteiger partial charge in [0.1, 0.15) is 0 Å². The van der Waals surface area contributed by atoms with E-state index in [4.69, 9.17) is 5.73 Å². The first-order valence-corrected chi connectivity index (χ1v) is 8.25. The number of rotatable bonds is 9. The fourth-order valence-electron chi connectivity index (χ4n) is 2.12. The molecule has 0 fully saturated rings. The molecule has 2 N–H and O–H groups in total. The Balaban J connectivity index is 2.56. The molecule has 0 spiro atoms. The fraction of sp³-hybridized carbons (Fsp3) is 0.786. The minimum Gasteiger partial charge on any atom is -0.326 e. The lowest BCUT2D eigenvalue weighted by molar-refractivity contribution is 0.323. The molecule has 0 bridgehead atoms. The van der Waals surface area contributed by atoms with Crippen molar-refractivity contribution < 1.29 is 0 Å². The van der Waals surface area contributed by atoms with Crippen LogP contribution in [-0.2, 0) is 7.05 Å². The van der Waals surface area contributed by atoms with Gasteiger partial charge in [-0.3, -0.25) is 4.68 Å². The summed E-state index contributed by atoms with van der Waals surface area (Å²) >= 11 is 1.96. The second-order valence-electron chi connectivity index (χ2n) is 4.84. The third-order valence-electron chi connectivity index (χ3n) is 3.51. The molecule has 1 heterocycles. The first-order chi connectivity index (χ1) is 9.12. The molecule has 0 aliphatic carbocycles. The highest BCUT2D eigenvalue weighted by atomic mass is 32.2.